The summed E-state index contributed by atoms with van der Waals surface area (Å²) in [5, 5.41) is 2.35. The Kier molecular flexibility index (Phi) is 2.45. The average molecular weight is 264 g/mol. The average Bonchev–Trinajstić information content (AvgIpc) is 2.88. The summed E-state index contributed by atoms with van der Waals surface area (Å²) in [6.45, 7) is 0.918. The molecule has 4 rings (SSSR count). The van der Waals surface area contributed by atoms with E-state index in [1.54, 1.807) is 11.9 Å². The molecule has 0 atom stereocenters. The highest BCUT2D eigenvalue weighted by atomic mass is 32.2. The normalized spacial score (nSPS) is 13.8. The fourth-order valence-corrected chi connectivity index (χ4v) is 3.38. The van der Waals surface area contributed by atoms with Gasteiger partial charge in [0.2, 0.25) is 0 Å². The van der Waals surface area contributed by atoms with Crippen molar-refractivity contribution in [3.63, 3.8) is 0 Å². The largest absolute Gasteiger partial charge is 0.306 e. The van der Waals surface area contributed by atoms with E-state index in [9.17, 15) is 0 Å². The first-order valence-corrected chi connectivity index (χ1v) is 7.07. The van der Waals surface area contributed by atoms with Crippen LogP contribution >= 0.6 is 11.9 Å². The van der Waals surface area contributed by atoms with Crippen molar-refractivity contribution in [1.82, 2.24) is 4.98 Å². The summed E-state index contributed by atoms with van der Waals surface area (Å²) in [7, 11) is 0. The molecule has 2 heterocycles. The van der Waals surface area contributed by atoms with E-state index in [0.717, 1.165) is 17.1 Å². The predicted octanol–water partition coefficient (Wildman–Crippen LogP) is 4.26. The van der Waals surface area contributed by atoms with Gasteiger partial charge in [0.15, 0.2) is 0 Å². The molecule has 0 aliphatic carbocycles. The molecule has 1 aromatic heterocycles. The predicted molar refractivity (Wildman–Crippen MR) is 80.2 cm³/mol. The molecule has 0 bridgehead atoms. The standard InChI is InChI=1S/C16H12N2S/c1-2-7-14(8-3-1)18-11-13-10-12-6-4-5-9-15(12)17-16(13)19-18/h1-10H,11H2. The number of hydrogen-bond acceptors (Lipinski definition) is 3. The molecular weight excluding hydrogens is 252 g/mol. The van der Waals surface area contributed by atoms with Crippen molar-refractivity contribution in [1.29, 1.82) is 0 Å². The number of fused-ring (bicyclic) bond motifs is 2. The van der Waals surface area contributed by atoms with E-state index in [0.29, 0.717) is 0 Å². The van der Waals surface area contributed by atoms with Crippen molar-refractivity contribution in [2.24, 2.45) is 0 Å². The van der Waals surface area contributed by atoms with Gasteiger partial charge in [0.05, 0.1) is 12.1 Å². The Labute approximate surface area is 116 Å². The summed E-state index contributed by atoms with van der Waals surface area (Å²) < 4.78 is 2.29. The molecule has 0 radical (unpaired) electrons. The molecular formula is C16H12N2S. The summed E-state index contributed by atoms with van der Waals surface area (Å²) in [5.74, 6) is 0. The lowest BCUT2D eigenvalue weighted by atomic mass is 10.1. The smallest absolute Gasteiger partial charge is 0.123 e. The van der Waals surface area contributed by atoms with Crippen LogP contribution in [0.25, 0.3) is 10.9 Å². The van der Waals surface area contributed by atoms with Crippen LogP contribution in [-0.4, -0.2) is 4.98 Å². The van der Waals surface area contributed by atoms with Crippen LogP contribution in [0.4, 0.5) is 5.69 Å². The molecule has 0 amide bonds. The molecule has 3 aromatic rings. The first kappa shape index (κ1) is 10.9. The molecule has 0 saturated carbocycles. The summed E-state index contributed by atoms with van der Waals surface area (Å²) >= 11 is 1.73. The summed E-state index contributed by atoms with van der Waals surface area (Å²) in [6, 6.07) is 21.0. The summed E-state index contributed by atoms with van der Waals surface area (Å²) in [4.78, 5) is 4.75. The van der Waals surface area contributed by atoms with Gasteiger partial charge >= 0.3 is 0 Å². The Morgan fingerprint density at radius 3 is 2.63 bits per heavy atom. The second-order valence-electron chi connectivity index (χ2n) is 4.61. The molecule has 1 aliphatic heterocycles. The molecule has 2 aromatic carbocycles. The molecule has 0 N–H and O–H groups in total. The lowest BCUT2D eigenvalue weighted by molar-refractivity contribution is 1.03. The van der Waals surface area contributed by atoms with Gasteiger partial charge in [-0.1, -0.05) is 36.4 Å². The van der Waals surface area contributed by atoms with Crippen LogP contribution in [0.1, 0.15) is 5.56 Å². The van der Waals surface area contributed by atoms with Gasteiger partial charge in [-0.05, 0) is 24.3 Å². The molecule has 1 aliphatic rings. The van der Waals surface area contributed by atoms with Crippen molar-refractivity contribution >= 4 is 28.5 Å². The highest BCUT2D eigenvalue weighted by Gasteiger charge is 2.22. The molecule has 92 valence electrons. The molecule has 3 heteroatoms. The maximum absolute atomic E-state index is 4.75. The fourth-order valence-electron chi connectivity index (χ4n) is 2.36. The fraction of sp³-hybridized carbons (Fsp3) is 0.0625. The Balaban J connectivity index is 1.76. The highest BCUT2D eigenvalue weighted by molar-refractivity contribution is 8.00. The van der Waals surface area contributed by atoms with Gasteiger partial charge in [0, 0.05) is 28.6 Å². The zero-order chi connectivity index (χ0) is 12.7. The Morgan fingerprint density at radius 2 is 1.74 bits per heavy atom. The van der Waals surface area contributed by atoms with Crippen LogP contribution in [0.3, 0.4) is 0 Å². The van der Waals surface area contributed by atoms with Crippen LogP contribution < -0.4 is 4.31 Å². The third-order valence-corrected chi connectivity index (χ3v) is 4.40. The van der Waals surface area contributed by atoms with Gasteiger partial charge in [0.25, 0.3) is 0 Å². The van der Waals surface area contributed by atoms with E-state index >= 15 is 0 Å². The summed E-state index contributed by atoms with van der Waals surface area (Å²) in [6.07, 6.45) is 0. The monoisotopic (exact) mass is 264 g/mol. The van der Waals surface area contributed by atoms with Gasteiger partial charge in [0.1, 0.15) is 5.03 Å². The van der Waals surface area contributed by atoms with Gasteiger partial charge in [-0.15, -0.1) is 0 Å². The number of aromatic nitrogens is 1. The third kappa shape index (κ3) is 1.87. The van der Waals surface area contributed by atoms with Crippen LogP contribution in [0.5, 0.6) is 0 Å². The SMILES string of the molecule is c1ccc(N2Cc3cc4ccccc4nc3S2)cc1. The molecule has 2 nitrogen and oxygen atoms in total. The van der Waals surface area contributed by atoms with E-state index < -0.39 is 0 Å². The Hall–Kier alpha value is -2.00. The second-order valence-corrected chi connectivity index (χ2v) is 5.62. The van der Waals surface area contributed by atoms with Gasteiger partial charge in [-0.2, -0.15) is 0 Å². The number of rotatable bonds is 1. The highest BCUT2D eigenvalue weighted by Crippen LogP contribution is 2.39. The molecule has 0 unspecified atom stereocenters. The van der Waals surface area contributed by atoms with Crippen LogP contribution in [0.2, 0.25) is 0 Å². The maximum atomic E-state index is 4.75. The van der Waals surface area contributed by atoms with E-state index in [1.807, 2.05) is 12.1 Å². The minimum atomic E-state index is 0.918. The first-order valence-electron chi connectivity index (χ1n) is 6.29. The second kappa shape index (κ2) is 4.28. The number of nitrogens with zero attached hydrogens (tertiary/aromatic N) is 2. The zero-order valence-corrected chi connectivity index (χ0v) is 11.1. The van der Waals surface area contributed by atoms with Crippen molar-refractivity contribution in [3.05, 3.63) is 66.2 Å². The van der Waals surface area contributed by atoms with Crippen molar-refractivity contribution in [2.75, 3.05) is 4.31 Å². The van der Waals surface area contributed by atoms with Crippen LogP contribution in [0.15, 0.2) is 65.7 Å². The van der Waals surface area contributed by atoms with E-state index in [2.05, 4.69) is 52.8 Å². The van der Waals surface area contributed by atoms with Gasteiger partial charge in [-0.3, -0.25) is 0 Å². The van der Waals surface area contributed by atoms with Crippen LogP contribution in [0, 0.1) is 0 Å². The van der Waals surface area contributed by atoms with Crippen LogP contribution in [-0.2, 0) is 6.54 Å². The number of hydrogen-bond donors (Lipinski definition) is 0. The maximum Gasteiger partial charge on any atom is 0.123 e. The van der Waals surface area contributed by atoms with Crippen molar-refractivity contribution < 1.29 is 0 Å². The third-order valence-electron chi connectivity index (χ3n) is 3.32. The van der Waals surface area contributed by atoms with E-state index in [-0.39, 0.29) is 0 Å². The lowest BCUT2D eigenvalue weighted by Crippen LogP contribution is -2.06. The van der Waals surface area contributed by atoms with E-state index in [1.165, 1.54) is 16.6 Å². The molecule has 19 heavy (non-hydrogen) atoms. The topological polar surface area (TPSA) is 16.1 Å². The van der Waals surface area contributed by atoms with Crippen molar-refractivity contribution in [2.45, 2.75) is 11.6 Å². The zero-order valence-electron chi connectivity index (χ0n) is 10.3. The number of benzene rings is 2. The quantitative estimate of drug-likeness (QED) is 0.611. The van der Waals surface area contributed by atoms with Gasteiger partial charge in [-0.25, -0.2) is 4.98 Å². The van der Waals surface area contributed by atoms with Gasteiger partial charge < -0.3 is 4.31 Å². The Bertz CT molecular complexity index is 696. The minimum Gasteiger partial charge on any atom is -0.306 e. The Morgan fingerprint density at radius 1 is 0.947 bits per heavy atom. The molecule has 0 fully saturated rings. The van der Waals surface area contributed by atoms with E-state index in [4.69, 9.17) is 4.98 Å². The van der Waals surface area contributed by atoms with Crippen molar-refractivity contribution in [3.8, 4) is 0 Å². The molecule has 0 spiro atoms. The first-order chi connectivity index (χ1) is 9.40. The number of anilines is 1. The minimum absolute atomic E-state index is 0.918. The number of pyridine rings is 1. The lowest BCUT2D eigenvalue weighted by Gasteiger charge is -2.14. The molecule has 0 saturated heterocycles. The summed E-state index contributed by atoms with van der Waals surface area (Å²) in [5.41, 5.74) is 3.62. The number of para-hydroxylation sites is 2.